The third-order valence-electron chi connectivity index (χ3n) is 3.63. The van der Waals surface area contributed by atoms with Crippen LogP contribution in [-0.2, 0) is 14.3 Å². The molecule has 1 aromatic rings. The van der Waals surface area contributed by atoms with Crippen molar-refractivity contribution in [2.75, 3.05) is 12.4 Å². The summed E-state index contributed by atoms with van der Waals surface area (Å²) in [6.45, 7) is 7.61. The molecular weight excluding hydrogens is 370 g/mol. The molecule has 0 aliphatic rings. The highest BCUT2D eigenvalue weighted by molar-refractivity contribution is 6.33. The Labute approximate surface area is 165 Å². The minimum Gasteiger partial charge on any atom is -0.491 e. The lowest BCUT2D eigenvalue weighted by atomic mass is 10.1. The number of hydrogen-bond acceptors (Lipinski definition) is 5. The van der Waals surface area contributed by atoms with E-state index in [1.54, 1.807) is 25.1 Å². The average molecular weight is 398 g/mol. The molecule has 1 rings (SSSR count). The highest BCUT2D eigenvalue weighted by Crippen LogP contribution is 2.27. The Morgan fingerprint density at radius 1 is 1.30 bits per heavy atom. The zero-order chi connectivity index (χ0) is 20.4. The number of amides is 1. The SMILES string of the molecule is CCCC/C=C(\C)C(OC(=O)Nc1ccc(OC(C)C)cc1Cl)C(=O)OC. The van der Waals surface area contributed by atoms with Gasteiger partial charge in [-0.05, 0) is 44.9 Å². The summed E-state index contributed by atoms with van der Waals surface area (Å²) < 4.78 is 15.6. The Morgan fingerprint density at radius 3 is 2.56 bits per heavy atom. The van der Waals surface area contributed by atoms with E-state index in [2.05, 4.69) is 12.2 Å². The van der Waals surface area contributed by atoms with Gasteiger partial charge in [0, 0.05) is 6.07 Å². The molecule has 1 atom stereocenters. The summed E-state index contributed by atoms with van der Waals surface area (Å²) in [5, 5.41) is 2.84. The van der Waals surface area contributed by atoms with Gasteiger partial charge in [-0.1, -0.05) is 37.4 Å². The molecule has 150 valence electrons. The van der Waals surface area contributed by atoms with Crippen LogP contribution >= 0.6 is 11.6 Å². The summed E-state index contributed by atoms with van der Waals surface area (Å²) in [7, 11) is 1.25. The van der Waals surface area contributed by atoms with Gasteiger partial charge in [0.05, 0.1) is 23.9 Å². The normalized spacial score (nSPS) is 12.5. The van der Waals surface area contributed by atoms with E-state index in [0.29, 0.717) is 22.0 Å². The van der Waals surface area contributed by atoms with Gasteiger partial charge in [0.15, 0.2) is 0 Å². The molecule has 0 aromatic heterocycles. The molecule has 7 heteroatoms. The second-order valence-electron chi connectivity index (χ2n) is 6.33. The number of esters is 1. The van der Waals surface area contributed by atoms with Crippen LogP contribution in [0.25, 0.3) is 0 Å². The Morgan fingerprint density at radius 2 is 2.00 bits per heavy atom. The Bertz CT molecular complexity index is 672. The minimum atomic E-state index is -1.10. The summed E-state index contributed by atoms with van der Waals surface area (Å²) in [6, 6.07) is 4.90. The van der Waals surface area contributed by atoms with Gasteiger partial charge in [-0.25, -0.2) is 9.59 Å². The predicted molar refractivity (Wildman–Crippen MR) is 106 cm³/mol. The fraction of sp³-hybridized carbons (Fsp3) is 0.500. The maximum absolute atomic E-state index is 12.2. The van der Waals surface area contributed by atoms with Gasteiger partial charge in [0.2, 0.25) is 6.10 Å². The molecule has 1 amide bonds. The summed E-state index contributed by atoms with van der Waals surface area (Å²) in [4.78, 5) is 24.2. The topological polar surface area (TPSA) is 73.9 Å². The number of halogens is 1. The highest BCUT2D eigenvalue weighted by Gasteiger charge is 2.26. The van der Waals surface area contributed by atoms with Gasteiger partial charge >= 0.3 is 12.1 Å². The Kier molecular flexibility index (Phi) is 9.72. The maximum atomic E-state index is 12.2. The first kappa shape index (κ1) is 22.8. The fourth-order valence-electron chi connectivity index (χ4n) is 2.26. The molecule has 6 nitrogen and oxygen atoms in total. The predicted octanol–water partition coefficient (Wildman–Crippen LogP) is 5.35. The average Bonchev–Trinajstić information content (AvgIpc) is 2.61. The Balaban J connectivity index is 2.81. The monoisotopic (exact) mass is 397 g/mol. The number of ether oxygens (including phenoxy) is 3. The summed E-state index contributed by atoms with van der Waals surface area (Å²) in [5.41, 5.74) is 0.978. The van der Waals surface area contributed by atoms with Crippen molar-refractivity contribution >= 4 is 29.4 Å². The van der Waals surface area contributed by atoms with Crippen LogP contribution in [0, 0.1) is 0 Å². The lowest BCUT2D eigenvalue weighted by molar-refractivity contribution is -0.148. The molecule has 0 radical (unpaired) electrons. The maximum Gasteiger partial charge on any atom is 0.412 e. The van der Waals surface area contributed by atoms with Gasteiger partial charge in [0.1, 0.15) is 5.75 Å². The second-order valence-corrected chi connectivity index (χ2v) is 6.74. The smallest absolute Gasteiger partial charge is 0.412 e. The minimum absolute atomic E-state index is 0.00752. The van der Waals surface area contributed by atoms with E-state index in [0.717, 1.165) is 19.3 Å². The van der Waals surface area contributed by atoms with E-state index in [9.17, 15) is 9.59 Å². The van der Waals surface area contributed by atoms with Crippen molar-refractivity contribution in [1.29, 1.82) is 0 Å². The first-order valence-electron chi connectivity index (χ1n) is 8.96. The van der Waals surface area contributed by atoms with Crippen LogP contribution in [0.1, 0.15) is 47.0 Å². The fourth-order valence-corrected chi connectivity index (χ4v) is 2.48. The molecule has 0 heterocycles. The van der Waals surface area contributed by atoms with Crippen molar-refractivity contribution in [1.82, 2.24) is 0 Å². The summed E-state index contributed by atoms with van der Waals surface area (Å²) in [5.74, 6) is -0.0433. The van der Waals surface area contributed by atoms with Crippen molar-refractivity contribution < 1.29 is 23.8 Å². The standard InChI is InChI=1S/C20H28ClNO5/c1-6-7-8-9-14(4)18(19(23)25-5)27-20(24)22-17-11-10-15(12-16(17)21)26-13(2)3/h9-13,18H,6-8H2,1-5H3,(H,22,24)/b14-9+. The quantitative estimate of drug-likeness (QED) is 0.345. The molecule has 0 fully saturated rings. The molecule has 1 aromatic carbocycles. The van der Waals surface area contributed by atoms with E-state index < -0.39 is 18.2 Å². The van der Waals surface area contributed by atoms with E-state index in [1.165, 1.54) is 7.11 Å². The van der Waals surface area contributed by atoms with Gasteiger partial charge in [-0.2, -0.15) is 0 Å². The van der Waals surface area contributed by atoms with Crippen LogP contribution in [-0.4, -0.2) is 31.4 Å². The molecular formula is C20H28ClNO5. The largest absolute Gasteiger partial charge is 0.491 e. The van der Waals surface area contributed by atoms with E-state index >= 15 is 0 Å². The van der Waals surface area contributed by atoms with Crippen molar-refractivity contribution in [2.45, 2.75) is 59.2 Å². The highest BCUT2D eigenvalue weighted by atomic mass is 35.5. The number of nitrogens with one attached hydrogen (secondary N) is 1. The zero-order valence-corrected chi connectivity index (χ0v) is 17.3. The molecule has 0 spiro atoms. The van der Waals surface area contributed by atoms with Crippen molar-refractivity contribution in [3.8, 4) is 5.75 Å². The molecule has 0 aliphatic carbocycles. The summed E-state index contributed by atoms with van der Waals surface area (Å²) in [6.07, 6.45) is 2.80. The lowest BCUT2D eigenvalue weighted by Crippen LogP contribution is -2.31. The number of rotatable bonds is 9. The number of unbranched alkanes of at least 4 members (excludes halogenated alkanes) is 2. The molecule has 27 heavy (non-hydrogen) atoms. The van der Waals surface area contributed by atoms with E-state index in [1.807, 2.05) is 19.9 Å². The van der Waals surface area contributed by atoms with Crippen LogP contribution in [0.3, 0.4) is 0 Å². The van der Waals surface area contributed by atoms with Crippen molar-refractivity contribution in [3.05, 3.63) is 34.9 Å². The van der Waals surface area contributed by atoms with Gasteiger partial charge in [-0.3, -0.25) is 5.32 Å². The first-order chi connectivity index (χ1) is 12.8. The molecule has 0 bridgehead atoms. The van der Waals surface area contributed by atoms with Crippen LogP contribution in [0.2, 0.25) is 5.02 Å². The number of hydrogen-bond donors (Lipinski definition) is 1. The first-order valence-corrected chi connectivity index (χ1v) is 9.34. The van der Waals surface area contributed by atoms with Crippen molar-refractivity contribution in [2.24, 2.45) is 0 Å². The number of carbonyl (C=O) groups excluding carboxylic acids is 2. The van der Waals surface area contributed by atoms with Gasteiger partial charge in [0.25, 0.3) is 0 Å². The number of carbonyl (C=O) groups is 2. The van der Waals surface area contributed by atoms with Gasteiger partial charge in [-0.15, -0.1) is 0 Å². The molecule has 0 saturated heterocycles. The second kappa shape index (κ2) is 11.5. The molecule has 1 unspecified atom stereocenters. The lowest BCUT2D eigenvalue weighted by Gasteiger charge is -2.17. The molecule has 0 saturated carbocycles. The summed E-state index contributed by atoms with van der Waals surface area (Å²) >= 11 is 6.18. The third-order valence-corrected chi connectivity index (χ3v) is 3.94. The van der Waals surface area contributed by atoms with E-state index in [-0.39, 0.29) is 6.10 Å². The molecule has 1 N–H and O–H groups in total. The zero-order valence-electron chi connectivity index (χ0n) is 16.5. The van der Waals surface area contributed by atoms with Crippen LogP contribution in [0.15, 0.2) is 29.8 Å². The van der Waals surface area contributed by atoms with Crippen LogP contribution < -0.4 is 10.1 Å². The number of benzene rings is 1. The molecule has 0 aliphatic heterocycles. The Hall–Kier alpha value is -2.21. The van der Waals surface area contributed by atoms with E-state index in [4.69, 9.17) is 25.8 Å². The van der Waals surface area contributed by atoms with Crippen LogP contribution in [0.5, 0.6) is 5.75 Å². The van der Waals surface area contributed by atoms with Crippen molar-refractivity contribution in [3.63, 3.8) is 0 Å². The number of methoxy groups -OCH3 is 1. The third kappa shape index (κ3) is 7.91. The number of anilines is 1. The number of allylic oxidation sites excluding steroid dienone is 1. The van der Waals surface area contributed by atoms with Gasteiger partial charge < -0.3 is 14.2 Å². The van der Waals surface area contributed by atoms with Crippen LogP contribution in [0.4, 0.5) is 10.5 Å².